The smallest absolute Gasteiger partial charge is 0.227 e. The molecule has 2 rings (SSSR count). The molecule has 1 heterocycles. The Kier molecular flexibility index (Phi) is 3.70. The fourth-order valence-corrected chi connectivity index (χ4v) is 2.96. The predicted octanol–water partition coefficient (Wildman–Crippen LogP) is 1.31. The topological polar surface area (TPSA) is 50.4 Å². The Labute approximate surface area is 110 Å². The van der Waals surface area contributed by atoms with Gasteiger partial charge in [-0.05, 0) is 33.2 Å². The highest BCUT2D eigenvalue weighted by molar-refractivity contribution is 5.83. The number of hydrogen-bond donors (Lipinski definition) is 2. The molecule has 0 spiro atoms. The van der Waals surface area contributed by atoms with Crippen LogP contribution >= 0.6 is 0 Å². The van der Waals surface area contributed by atoms with Crippen LogP contribution in [0.4, 0.5) is 0 Å². The summed E-state index contributed by atoms with van der Waals surface area (Å²) >= 11 is 0. The number of amides is 1. The maximum Gasteiger partial charge on any atom is 0.227 e. The lowest BCUT2D eigenvalue weighted by Gasteiger charge is -2.52. The van der Waals surface area contributed by atoms with E-state index in [0.717, 1.165) is 32.5 Å². The molecular formula is C14H26N2O2. The standard InChI is InChI=1S/C14H26N2O2/c1-5-18-11-8-10(13(11,2)3)16-12(17)14(4)6-7-15-9-14/h10-11,15H,5-9H2,1-4H3,(H,16,17). The van der Waals surface area contributed by atoms with Crippen molar-refractivity contribution in [1.29, 1.82) is 0 Å². The van der Waals surface area contributed by atoms with Crippen molar-refractivity contribution >= 4 is 5.91 Å². The predicted molar refractivity (Wildman–Crippen MR) is 71.3 cm³/mol. The minimum absolute atomic E-state index is 0.0497. The number of carbonyl (C=O) groups excluding carboxylic acids is 1. The van der Waals surface area contributed by atoms with Gasteiger partial charge in [0.2, 0.25) is 5.91 Å². The number of ether oxygens (including phenoxy) is 1. The molecule has 104 valence electrons. The van der Waals surface area contributed by atoms with Gasteiger partial charge in [0, 0.05) is 24.6 Å². The summed E-state index contributed by atoms with van der Waals surface area (Å²) in [6.45, 7) is 10.9. The van der Waals surface area contributed by atoms with Crippen molar-refractivity contribution in [2.75, 3.05) is 19.7 Å². The van der Waals surface area contributed by atoms with E-state index in [2.05, 4.69) is 24.5 Å². The van der Waals surface area contributed by atoms with Gasteiger partial charge in [-0.3, -0.25) is 4.79 Å². The first-order valence-electron chi connectivity index (χ1n) is 7.03. The summed E-state index contributed by atoms with van der Waals surface area (Å²) in [5, 5.41) is 6.49. The number of rotatable bonds is 4. The van der Waals surface area contributed by atoms with Crippen LogP contribution < -0.4 is 10.6 Å². The van der Waals surface area contributed by atoms with E-state index in [-0.39, 0.29) is 28.9 Å². The molecule has 18 heavy (non-hydrogen) atoms. The van der Waals surface area contributed by atoms with Crippen molar-refractivity contribution in [2.24, 2.45) is 10.8 Å². The van der Waals surface area contributed by atoms with Gasteiger partial charge in [0.05, 0.1) is 11.5 Å². The maximum atomic E-state index is 12.3. The van der Waals surface area contributed by atoms with Crippen molar-refractivity contribution < 1.29 is 9.53 Å². The van der Waals surface area contributed by atoms with Gasteiger partial charge < -0.3 is 15.4 Å². The van der Waals surface area contributed by atoms with Gasteiger partial charge in [0.15, 0.2) is 0 Å². The fraction of sp³-hybridized carbons (Fsp3) is 0.929. The molecule has 0 aromatic heterocycles. The van der Waals surface area contributed by atoms with Gasteiger partial charge in [0.1, 0.15) is 0 Å². The summed E-state index contributed by atoms with van der Waals surface area (Å²) in [7, 11) is 0. The van der Waals surface area contributed by atoms with Crippen LogP contribution in [0.25, 0.3) is 0 Å². The average molecular weight is 254 g/mol. The van der Waals surface area contributed by atoms with Gasteiger partial charge in [-0.1, -0.05) is 13.8 Å². The second-order valence-corrected chi connectivity index (χ2v) is 6.51. The second kappa shape index (κ2) is 4.82. The van der Waals surface area contributed by atoms with Gasteiger partial charge in [-0.2, -0.15) is 0 Å². The minimum atomic E-state index is -0.229. The van der Waals surface area contributed by atoms with Crippen molar-refractivity contribution in [3.05, 3.63) is 0 Å². The third-order valence-electron chi connectivity index (χ3n) is 4.77. The number of carbonyl (C=O) groups is 1. The number of nitrogens with one attached hydrogen (secondary N) is 2. The van der Waals surface area contributed by atoms with Gasteiger partial charge >= 0.3 is 0 Å². The molecule has 1 amide bonds. The van der Waals surface area contributed by atoms with E-state index in [9.17, 15) is 4.79 Å². The van der Waals surface area contributed by atoms with Gasteiger partial charge in [-0.15, -0.1) is 0 Å². The highest BCUT2D eigenvalue weighted by atomic mass is 16.5. The molecule has 0 aromatic carbocycles. The molecule has 1 aliphatic heterocycles. The Morgan fingerprint density at radius 2 is 2.17 bits per heavy atom. The number of hydrogen-bond acceptors (Lipinski definition) is 3. The lowest BCUT2D eigenvalue weighted by molar-refractivity contribution is -0.143. The van der Waals surface area contributed by atoms with Crippen LogP contribution in [0.5, 0.6) is 0 Å². The van der Waals surface area contributed by atoms with Crippen molar-refractivity contribution in [1.82, 2.24) is 10.6 Å². The molecule has 1 saturated carbocycles. The maximum absolute atomic E-state index is 12.3. The summed E-state index contributed by atoms with van der Waals surface area (Å²) in [5.74, 6) is 0.195. The van der Waals surface area contributed by atoms with E-state index in [1.165, 1.54) is 0 Å². The minimum Gasteiger partial charge on any atom is -0.378 e. The first-order valence-corrected chi connectivity index (χ1v) is 7.03. The SMILES string of the molecule is CCOC1CC(NC(=O)C2(C)CCNC2)C1(C)C. The Balaban J connectivity index is 1.90. The monoisotopic (exact) mass is 254 g/mol. The second-order valence-electron chi connectivity index (χ2n) is 6.51. The molecule has 3 unspecified atom stereocenters. The van der Waals surface area contributed by atoms with E-state index in [0.29, 0.717) is 0 Å². The molecule has 0 radical (unpaired) electrons. The Morgan fingerprint density at radius 3 is 2.67 bits per heavy atom. The van der Waals surface area contributed by atoms with Crippen molar-refractivity contribution in [2.45, 2.75) is 52.7 Å². The highest BCUT2D eigenvalue weighted by Gasteiger charge is 2.51. The van der Waals surface area contributed by atoms with E-state index in [4.69, 9.17) is 4.74 Å². The van der Waals surface area contributed by atoms with Gasteiger partial charge in [-0.25, -0.2) is 0 Å². The largest absolute Gasteiger partial charge is 0.378 e. The molecule has 2 aliphatic rings. The lowest BCUT2D eigenvalue weighted by atomic mass is 9.64. The highest BCUT2D eigenvalue weighted by Crippen LogP contribution is 2.43. The van der Waals surface area contributed by atoms with Gasteiger partial charge in [0.25, 0.3) is 0 Å². The molecule has 0 bridgehead atoms. The molecule has 4 heteroatoms. The van der Waals surface area contributed by atoms with Crippen LogP contribution in [-0.2, 0) is 9.53 Å². The third-order valence-corrected chi connectivity index (χ3v) is 4.77. The normalized spacial score (nSPS) is 38.2. The molecule has 2 fully saturated rings. The zero-order valence-electron chi connectivity index (χ0n) is 12.0. The van der Waals surface area contributed by atoms with Crippen LogP contribution in [0.1, 0.15) is 40.5 Å². The Hall–Kier alpha value is -0.610. The molecule has 1 aliphatic carbocycles. The molecular weight excluding hydrogens is 228 g/mol. The summed E-state index contributed by atoms with van der Waals surface area (Å²) < 4.78 is 5.69. The average Bonchev–Trinajstić information content (AvgIpc) is 2.76. The quantitative estimate of drug-likeness (QED) is 0.795. The van der Waals surface area contributed by atoms with Crippen molar-refractivity contribution in [3.8, 4) is 0 Å². The zero-order chi connectivity index (χ0) is 13.4. The molecule has 2 N–H and O–H groups in total. The van der Waals surface area contributed by atoms with Crippen molar-refractivity contribution in [3.63, 3.8) is 0 Å². The molecule has 4 nitrogen and oxygen atoms in total. The summed E-state index contributed by atoms with van der Waals surface area (Å²) in [4.78, 5) is 12.3. The molecule has 3 atom stereocenters. The van der Waals surface area contributed by atoms with E-state index in [1.54, 1.807) is 0 Å². The van der Waals surface area contributed by atoms with E-state index in [1.807, 2.05) is 13.8 Å². The summed E-state index contributed by atoms with van der Waals surface area (Å²) in [6.07, 6.45) is 2.15. The van der Waals surface area contributed by atoms with Crippen LogP contribution in [0.3, 0.4) is 0 Å². The zero-order valence-corrected chi connectivity index (χ0v) is 12.0. The molecule has 1 saturated heterocycles. The Morgan fingerprint density at radius 1 is 1.44 bits per heavy atom. The fourth-order valence-electron chi connectivity index (χ4n) is 2.96. The third kappa shape index (κ3) is 2.28. The molecule has 0 aromatic rings. The van der Waals surface area contributed by atoms with Crippen LogP contribution in [-0.4, -0.2) is 37.7 Å². The first-order chi connectivity index (χ1) is 8.40. The van der Waals surface area contributed by atoms with Crippen LogP contribution in [0, 0.1) is 10.8 Å². The van der Waals surface area contributed by atoms with E-state index >= 15 is 0 Å². The Bertz CT molecular complexity index is 322. The summed E-state index contributed by atoms with van der Waals surface area (Å²) in [6, 6.07) is 0.249. The summed E-state index contributed by atoms with van der Waals surface area (Å²) in [5.41, 5.74) is -0.180. The first kappa shape index (κ1) is 13.8. The van der Waals surface area contributed by atoms with Crippen LogP contribution in [0.15, 0.2) is 0 Å². The van der Waals surface area contributed by atoms with Crippen LogP contribution in [0.2, 0.25) is 0 Å². The lowest BCUT2D eigenvalue weighted by Crippen LogP contribution is -2.63. The van der Waals surface area contributed by atoms with E-state index < -0.39 is 0 Å².